The van der Waals surface area contributed by atoms with E-state index in [0.717, 1.165) is 11.1 Å². The van der Waals surface area contributed by atoms with Crippen LogP contribution in [0.25, 0.3) is 11.1 Å². The maximum absolute atomic E-state index is 5.94. The predicted molar refractivity (Wildman–Crippen MR) is 69.7 cm³/mol. The van der Waals surface area contributed by atoms with E-state index in [2.05, 4.69) is 9.97 Å². The van der Waals surface area contributed by atoms with Gasteiger partial charge >= 0.3 is 0 Å². The number of aromatic nitrogens is 2. The molecule has 2 N–H and O–H groups in total. The summed E-state index contributed by atoms with van der Waals surface area (Å²) < 4.78 is 0. The van der Waals surface area contributed by atoms with E-state index in [-0.39, 0.29) is 0 Å². The highest BCUT2D eigenvalue weighted by Crippen LogP contribution is 2.22. The lowest BCUT2D eigenvalue weighted by Gasteiger charge is -2.16. The van der Waals surface area contributed by atoms with Crippen molar-refractivity contribution in [2.45, 2.75) is 19.4 Å². The molecule has 88 valence electrons. The van der Waals surface area contributed by atoms with Gasteiger partial charge in [-0.25, -0.2) is 9.97 Å². The van der Waals surface area contributed by atoms with Crippen LogP contribution in [0.15, 0.2) is 36.7 Å². The number of rotatable bonds is 2. The molecule has 1 aromatic carbocycles. The van der Waals surface area contributed by atoms with Crippen LogP contribution in [0.1, 0.15) is 19.7 Å². The second-order valence-corrected chi connectivity index (χ2v) is 4.96. The number of nitrogens with two attached hydrogens (primary N) is 1. The van der Waals surface area contributed by atoms with Crippen LogP contribution in [0.5, 0.6) is 0 Å². The highest BCUT2D eigenvalue weighted by atomic mass is 35.5. The second kappa shape index (κ2) is 4.43. The van der Waals surface area contributed by atoms with Crippen molar-refractivity contribution in [1.82, 2.24) is 9.97 Å². The summed E-state index contributed by atoms with van der Waals surface area (Å²) in [6.45, 7) is 3.75. The van der Waals surface area contributed by atoms with Gasteiger partial charge in [-0.15, -0.1) is 0 Å². The summed E-state index contributed by atoms with van der Waals surface area (Å²) in [6, 6.07) is 7.59. The number of benzene rings is 1. The first kappa shape index (κ1) is 12.0. The minimum atomic E-state index is -0.521. The van der Waals surface area contributed by atoms with Crippen LogP contribution in [-0.4, -0.2) is 9.97 Å². The lowest BCUT2D eigenvalue weighted by atomic mass is 10.1. The Bertz CT molecular complexity index is 515. The molecule has 0 atom stereocenters. The maximum atomic E-state index is 5.94. The van der Waals surface area contributed by atoms with Gasteiger partial charge in [-0.2, -0.15) is 0 Å². The molecular formula is C13H14ClN3. The van der Waals surface area contributed by atoms with Gasteiger partial charge in [-0.1, -0.05) is 23.7 Å². The van der Waals surface area contributed by atoms with Crippen molar-refractivity contribution < 1.29 is 0 Å². The van der Waals surface area contributed by atoms with Crippen LogP contribution in [0.4, 0.5) is 0 Å². The minimum Gasteiger partial charge on any atom is -0.319 e. The van der Waals surface area contributed by atoms with E-state index in [1.54, 1.807) is 12.4 Å². The highest BCUT2D eigenvalue weighted by Gasteiger charge is 2.17. The van der Waals surface area contributed by atoms with Gasteiger partial charge in [0.25, 0.3) is 0 Å². The van der Waals surface area contributed by atoms with E-state index in [1.165, 1.54) is 0 Å². The number of hydrogen-bond acceptors (Lipinski definition) is 3. The van der Waals surface area contributed by atoms with Crippen molar-refractivity contribution in [3.8, 4) is 11.1 Å². The quantitative estimate of drug-likeness (QED) is 0.888. The average Bonchev–Trinajstić information content (AvgIpc) is 2.28. The third kappa shape index (κ3) is 2.81. The first-order valence-corrected chi connectivity index (χ1v) is 5.72. The van der Waals surface area contributed by atoms with E-state index < -0.39 is 5.54 Å². The molecule has 0 spiro atoms. The minimum absolute atomic E-state index is 0.521. The fourth-order valence-electron chi connectivity index (χ4n) is 1.48. The van der Waals surface area contributed by atoms with Crippen molar-refractivity contribution in [2.75, 3.05) is 0 Å². The molecule has 1 aromatic heterocycles. The monoisotopic (exact) mass is 247 g/mol. The summed E-state index contributed by atoms with van der Waals surface area (Å²) in [5, 5.41) is 0.700. The first-order valence-electron chi connectivity index (χ1n) is 5.34. The zero-order valence-corrected chi connectivity index (χ0v) is 10.6. The third-order valence-corrected chi connectivity index (χ3v) is 2.62. The largest absolute Gasteiger partial charge is 0.319 e. The molecule has 0 aliphatic rings. The van der Waals surface area contributed by atoms with E-state index in [1.807, 2.05) is 38.1 Å². The summed E-state index contributed by atoms with van der Waals surface area (Å²) >= 11 is 5.94. The molecule has 0 radical (unpaired) electrons. The number of nitrogens with zero attached hydrogens (tertiary/aromatic N) is 2. The van der Waals surface area contributed by atoms with Crippen molar-refractivity contribution in [2.24, 2.45) is 5.73 Å². The summed E-state index contributed by atoms with van der Waals surface area (Å²) in [5.74, 6) is 0.628. The molecule has 3 nitrogen and oxygen atoms in total. The van der Waals surface area contributed by atoms with Gasteiger partial charge in [0.15, 0.2) is 0 Å². The van der Waals surface area contributed by atoms with E-state index in [0.29, 0.717) is 10.8 Å². The second-order valence-electron chi connectivity index (χ2n) is 4.53. The zero-order valence-electron chi connectivity index (χ0n) is 9.81. The van der Waals surface area contributed by atoms with Crippen LogP contribution in [0.2, 0.25) is 5.02 Å². The SMILES string of the molecule is CC(C)(N)c1ncc(-c2cccc(Cl)c2)cn1. The molecule has 0 unspecified atom stereocenters. The molecule has 1 heterocycles. The van der Waals surface area contributed by atoms with Gasteiger partial charge in [0.2, 0.25) is 0 Å². The van der Waals surface area contributed by atoms with E-state index >= 15 is 0 Å². The molecule has 4 heteroatoms. The molecule has 0 fully saturated rings. The molecule has 0 amide bonds. The fourth-order valence-corrected chi connectivity index (χ4v) is 1.67. The van der Waals surface area contributed by atoms with Gasteiger partial charge in [0.05, 0.1) is 5.54 Å². The summed E-state index contributed by atoms with van der Waals surface area (Å²) in [5.41, 5.74) is 7.33. The molecule has 2 rings (SSSR count). The Morgan fingerprint density at radius 2 is 1.76 bits per heavy atom. The third-order valence-electron chi connectivity index (χ3n) is 2.39. The van der Waals surface area contributed by atoms with Crippen LogP contribution in [0, 0.1) is 0 Å². The smallest absolute Gasteiger partial charge is 0.147 e. The Hall–Kier alpha value is -1.45. The normalized spacial score (nSPS) is 11.5. The Labute approximate surface area is 106 Å². The van der Waals surface area contributed by atoms with Gasteiger partial charge in [0.1, 0.15) is 5.82 Å². The average molecular weight is 248 g/mol. The Morgan fingerprint density at radius 1 is 1.12 bits per heavy atom. The van der Waals surface area contributed by atoms with Gasteiger partial charge in [0, 0.05) is 23.0 Å². The van der Waals surface area contributed by atoms with E-state index in [4.69, 9.17) is 17.3 Å². The number of hydrogen-bond donors (Lipinski definition) is 1. The standard InChI is InChI=1S/C13H14ClN3/c1-13(2,15)12-16-7-10(8-17-12)9-4-3-5-11(14)6-9/h3-8H,15H2,1-2H3. The van der Waals surface area contributed by atoms with Crippen LogP contribution in [-0.2, 0) is 5.54 Å². The van der Waals surface area contributed by atoms with E-state index in [9.17, 15) is 0 Å². The Morgan fingerprint density at radius 3 is 2.29 bits per heavy atom. The van der Waals surface area contributed by atoms with Gasteiger partial charge in [-0.3, -0.25) is 0 Å². The maximum Gasteiger partial charge on any atom is 0.147 e. The topological polar surface area (TPSA) is 51.8 Å². The lowest BCUT2D eigenvalue weighted by Crippen LogP contribution is -2.31. The predicted octanol–water partition coefficient (Wildman–Crippen LogP) is 2.99. The zero-order chi connectivity index (χ0) is 12.5. The summed E-state index contributed by atoms with van der Waals surface area (Å²) in [7, 11) is 0. The van der Waals surface area contributed by atoms with Gasteiger partial charge < -0.3 is 5.73 Å². The molecule has 0 aliphatic carbocycles. The fraction of sp³-hybridized carbons (Fsp3) is 0.231. The molecular weight excluding hydrogens is 234 g/mol. The number of halogens is 1. The summed E-state index contributed by atoms with van der Waals surface area (Å²) in [4.78, 5) is 8.55. The van der Waals surface area contributed by atoms with Crippen molar-refractivity contribution in [3.63, 3.8) is 0 Å². The molecule has 0 bridgehead atoms. The highest BCUT2D eigenvalue weighted by molar-refractivity contribution is 6.30. The Balaban J connectivity index is 2.36. The van der Waals surface area contributed by atoms with Gasteiger partial charge in [-0.05, 0) is 31.5 Å². The Kier molecular flexibility index (Phi) is 3.13. The van der Waals surface area contributed by atoms with Crippen molar-refractivity contribution in [3.05, 3.63) is 47.5 Å². The van der Waals surface area contributed by atoms with Crippen molar-refractivity contribution in [1.29, 1.82) is 0 Å². The molecule has 2 aromatic rings. The summed E-state index contributed by atoms with van der Waals surface area (Å²) in [6.07, 6.45) is 3.53. The van der Waals surface area contributed by atoms with Crippen LogP contribution in [0.3, 0.4) is 0 Å². The van der Waals surface area contributed by atoms with Crippen LogP contribution >= 0.6 is 11.6 Å². The lowest BCUT2D eigenvalue weighted by molar-refractivity contribution is 0.514. The molecule has 0 aliphatic heterocycles. The van der Waals surface area contributed by atoms with Crippen molar-refractivity contribution >= 4 is 11.6 Å². The van der Waals surface area contributed by atoms with Crippen LogP contribution < -0.4 is 5.73 Å². The first-order chi connectivity index (χ1) is 7.97. The molecule has 0 saturated carbocycles. The molecule has 17 heavy (non-hydrogen) atoms. The molecule has 0 saturated heterocycles.